The average Bonchev–Trinajstić information content (AvgIpc) is 3.30. The fourth-order valence-electron chi connectivity index (χ4n) is 3.62. The van der Waals surface area contributed by atoms with Crippen LogP contribution in [0.3, 0.4) is 0 Å². The lowest BCUT2D eigenvalue weighted by Gasteiger charge is -2.25. The third kappa shape index (κ3) is 5.29. The summed E-state index contributed by atoms with van der Waals surface area (Å²) >= 11 is 0. The number of guanidine groups is 1. The van der Waals surface area contributed by atoms with Gasteiger partial charge in [0, 0.05) is 39.2 Å². The minimum absolute atomic E-state index is 0. The molecule has 2 fully saturated rings. The van der Waals surface area contributed by atoms with Gasteiger partial charge in [0.05, 0.1) is 6.61 Å². The topological polar surface area (TPSA) is 67.6 Å². The van der Waals surface area contributed by atoms with Gasteiger partial charge in [-0.2, -0.15) is 0 Å². The number of methoxy groups -OCH3 is 1. The van der Waals surface area contributed by atoms with Gasteiger partial charge in [0.1, 0.15) is 12.4 Å². The molecular formula is C17H31IN6O. The van der Waals surface area contributed by atoms with Crippen molar-refractivity contribution in [1.29, 1.82) is 0 Å². The first kappa shape index (κ1) is 20.4. The summed E-state index contributed by atoms with van der Waals surface area (Å²) in [6.07, 6.45) is 6.30. The van der Waals surface area contributed by atoms with Gasteiger partial charge in [0.2, 0.25) is 0 Å². The van der Waals surface area contributed by atoms with Crippen molar-refractivity contribution in [2.45, 2.75) is 51.6 Å². The summed E-state index contributed by atoms with van der Waals surface area (Å²) < 4.78 is 7.33. The first-order valence-corrected chi connectivity index (χ1v) is 9.07. The third-order valence-corrected chi connectivity index (χ3v) is 5.23. The van der Waals surface area contributed by atoms with Crippen molar-refractivity contribution in [3.63, 3.8) is 0 Å². The Labute approximate surface area is 167 Å². The maximum absolute atomic E-state index is 5.33. The smallest absolute Gasteiger partial charge is 0.194 e. The first-order valence-electron chi connectivity index (χ1n) is 9.07. The Morgan fingerprint density at radius 1 is 1.28 bits per heavy atom. The van der Waals surface area contributed by atoms with Crippen molar-refractivity contribution in [1.82, 2.24) is 25.0 Å². The van der Waals surface area contributed by atoms with E-state index in [1.165, 1.54) is 32.1 Å². The van der Waals surface area contributed by atoms with E-state index in [4.69, 9.17) is 9.73 Å². The van der Waals surface area contributed by atoms with Crippen molar-refractivity contribution in [3.05, 3.63) is 11.6 Å². The summed E-state index contributed by atoms with van der Waals surface area (Å²) in [4.78, 5) is 7.26. The number of nitrogens with zero attached hydrogens (tertiary/aromatic N) is 5. The van der Waals surface area contributed by atoms with Crippen LogP contribution in [-0.2, 0) is 18.3 Å². The Morgan fingerprint density at radius 3 is 2.68 bits per heavy atom. The quantitative estimate of drug-likeness (QED) is 0.413. The molecule has 2 aliphatic rings. The van der Waals surface area contributed by atoms with E-state index in [1.54, 1.807) is 7.11 Å². The van der Waals surface area contributed by atoms with Crippen LogP contribution in [-0.4, -0.2) is 58.5 Å². The van der Waals surface area contributed by atoms with Crippen molar-refractivity contribution >= 4 is 29.9 Å². The third-order valence-electron chi connectivity index (χ3n) is 5.23. The van der Waals surface area contributed by atoms with Crippen molar-refractivity contribution in [2.75, 3.05) is 26.8 Å². The Kier molecular flexibility index (Phi) is 7.92. The van der Waals surface area contributed by atoms with Crippen LogP contribution in [0.4, 0.5) is 0 Å². The molecule has 1 atom stereocenters. The Hall–Kier alpha value is -0.900. The first-order chi connectivity index (χ1) is 11.7. The van der Waals surface area contributed by atoms with Gasteiger partial charge in [-0.3, -0.25) is 0 Å². The van der Waals surface area contributed by atoms with Crippen molar-refractivity contribution in [2.24, 2.45) is 18.0 Å². The van der Waals surface area contributed by atoms with E-state index < -0.39 is 0 Å². The molecule has 3 rings (SSSR count). The van der Waals surface area contributed by atoms with Gasteiger partial charge >= 0.3 is 0 Å². The lowest BCUT2D eigenvalue weighted by molar-refractivity contribution is 0.157. The molecule has 1 saturated carbocycles. The van der Waals surface area contributed by atoms with Gasteiger partial charge in [-0.1, -0.05) is 12.8 Å². The molecule has 0 radical (unpaired) electrons. The molecule has 1 saturated heterocycles. The molecule has 25 heavy (non-hydrogen) atoms. The summed E-state index contributed by atoms with van der Waals surface area (Å²) in [5, 5.41) is 12.0. The summed E-state index contributed by atoms with van der Waals surface area (Å²) in [7, 11) is 3.78. The second-order valence-corrected chi connectivity index (χ2v) is 7.04. The molecule has 1 N–H and O–H groups in total. The van der Waals surface area contributed by atoms with Crippen LogP contribution in [0.2, 0.25) is 0 Å². The maximum Gasteiger partial charge on any atom is 0.194 e. The van der Waals surface area contributed by atoms with E-state index in [0.717, 1.165) is 37.3 Å². The van der Waals surface area contributed by atoms with Gasteiger partial charge in [0.25, 0.3) is 0 Å². The van der Waals surface area contributed by atoms with Crippen LogP contribution in [0.25, 0.3) is 0 Å². The highest BCUT2D eigenvalue weighted by atomic mass is 127. The van der Waals surface area contributed by atoms with Gasteiger partial charge in [-0.05, 0) is 26.2 Å². The number of rotatable bonds is 5. The largest absolute Gasteiger partial charge is 0.384 e. The summed E-state index contributed by atoms with van der Waals surface area (Å²) in [5.74, 6) is 3.46. The molecule has 1 aromatic rings. The lowest BCUT2D eigenvalue weighted by atomic mass is 10.1. The molecule has 0 aromatic carbocycles. The highest BCUT2D eigenvalue weighted by Crippen LogP contribution is 2.20. The molecule has 0 bridgehead atoms. The SMILES string of the molecule is COCC1CCN(C(=NCc2nnc(C)n2C)NC2CCCC2)C1.I. The normalized spacial score (nSPS) is 21.6. The molecule has 1 aliphatic carbocycles. The monoisotopic (exact) mass is 462 g/mol. The highest BCUT2D eigenvalue weighted by molar-refractivity contribution is 14.0. The van der Waals surface area contributed by atoms with E-state index in [2.05, 4.69) is 20.4 Å². The summed E-state index contributed by atoms with van der Waals surface area (Å²) in [6, 6.07) is 0.562. The molecule has 1 aliphatic heterocycles. The minimum atomic E-state index is 0. The number of hydrogen-bond donors (Lipinski definition) is 1. The number of nitrogens with one attached hydrogen (secondary N) is 1. The predicted molar refractivity (Wildman–Crippen MR) is 109 cm³/mol. The number of hydrogen-bond acceptors (Lipinski definition) is 4. The van der Waals surface area contributed by atoms with Gasteiger partial charge in [-0.25, -0.2) is 4.99 Å². The Balaban J connectivity index is 0.00000225. The van der Waals surface area contributed by atoms with Gasteiger partial charge in [0.15, 0.2) is 11.8 Å². The van der Waals surface area contributed by atoms with E-state index in [0.29, 0.717) is 18.5 Å². The zero-order valence-corrected chi connectivity index (χ0v) is 17.9. The van der Waals surface area contributed by atoms with Crippen LogP contribution in [0, 0.1) is 12.8 Å². The predicted octanol–water partition coefficient (Wildman–Crippen LogP) is 2.10. The number of ether oxygens (including phenoxy) is 1. The molecule has 0 amide bonds. The molecule has 1 aromatic heterocycles. The molecule has 0 spiro atoms. The fraction of sp³-hybridized carbons (Fsp3) is 0.824. The van der Waals surface area contributed by atoms with E-state index in [9.17, 15) is 0 Å². The molecule has 7 nitrogen and oxygen atoms in total. The molecule has 1 unspecified atom stereocenters. The van der Waals surface area contributed by atoms with E-state index in [-0.39, 0.29) is 24.0 Å². The van der Waals surface area contributed by atoms with Crippen molar-refractivity contribution in [3.8, 4) is 0 Å². The number of aromatic nitrogens is 3. The van der Waals surface area contributed by atoms with Crippen LogP contribution in [0.15, 0.2) is 4.99 Å². The number of aryl methyl sites for hydroxylation is 1. The maximum atomic E-state index is 5.33. The summed E-state index contributed by atoms with van der Waals surface area (Å²) in [5.41, 5.74) is 0. The minimum Gasteiger partial charge on any atom is -0.384 e. The van der Waals surface area contributed by atoms with E-state index >= 15 is 0 Å². The van der Waals surface area contributed by atoms with Crippen molar-refractivity contribution < 1.29 is 4.74 Å². The van der Waals surface area contributed by atoms with Gasteiger partial charge < -0.3 is 19.5 Å². The lowest BCUT2D eigenvalue weighted by Crippen LogP contribution is -2.44. The Bertz CT molecular complexity index is 569. The Morgan fingerprint density at radius 2 is 2.04 bits per heavy atom. The summed E-state index contributed by atoms with van der Waals surface area (Å²) in [6.45, 7) is 5.43. The fourth-order valence-corrected chi connectivity index (χ4v) is 3.62. The van der Waals surface area contributed by atoms with Crippen LogP contribution >= 0.6 is 24.0 Å². The highest BCUT2D eigenvalue weighted by Gasteiger charge is 2.27. The van der Waals surface area contributed by atoms with Crippen LogP contribution < -0.4 is 5.32 Å². The molecule has 2 heterocycles. The van der Waals surface area contributed by atoms with Crippen LogP contribution in [0.5, 0.6) is 0 Å². The second-order valence-electron chi connectivity index (χ2n) is 7.04. The zero-order chi connectivity index (χ0) is 16.9. The number of aliphatic imine (C=N–C) groups is 1. The molecule has 8 heteroatoms. The molecular weight excluding hydrogens is 431 g/mol. The molecule has 142 valence electrons. The van der Waals surface area contributed by atoms with E-state index in [1.807, 2.05) is 18.5 Å². The average molecular weight is 462 g/mol. The number of halogens is 1. The number of likely N-dealkylation sites (tertiary alicyclic amines) is 1. The van der Waals surface area contributed by atoms with Crippen LogP contribution in [0.1, 0.15) is 43.8 Å². The van der Waals surface area contributed by atoms with Gasteiger partial charge in [-0.15, -0.1) is 34.2 Å². The standard InChI is InChI=1S/C17H30N6O.HI/c1-13-20-21-16(22(13)2)10-18-17(19-15-6-4-5-7-15)23-9-8-14(11-23)12-24-3;/h14-15H,4-12H2,1-3H3,(H,18,19);1H. The zero-order valence-electron chi connectivity index (χ0n) is 15.6. The second kappa shape index (κ2) is 9.70.